The molecular formula is C16H24N2O. The number of nitrogens with two attached hydrogens (primary N) is 1. The van der Waals surface area contributed by atoms with Crippen LogP contribution in [-0.2, 0) is 4.79 Å². The first-order valence-corrected chi connectivity index (χ1v) is 7.06. The summed E-state index contributed by atoms with van der Waals surface area (Å²) in [6.45, 7) is 6.31. The fourth-order valence-electron chi connectivity index (χ4n) is 2.94. The molecule has 3 nitrogen and oxygen atoms in total. The van der Waals surface area contributed by atoms with Crippen molar-refractivity contribution < 1.29 is 4.79 Å². The van der Waals surface area contributed by atoms with E-state index in [0.717, 1.165) is 30.5 Å². The molecule has 1 amide bonds. The standard InChI is InChI=1S/C16H24N2O/c1-11(17)12-6-4-7-13(10-12)18-15(19)14-8-5-9-16(14,2)3/h4,6-7,10-11,14H,5,8-9,17H2,1-3H3,(H,18,19). The van der Waals surface area contributed by atoms with Crippen LogP contribution >= 0.6 is 0 Å². The Labute approximate surface area is 115 Å². The number of benzene rings is 1. The highest BCUT2D eigenvalue weighted by Crippen LogP contribution is 2.43. The topological polar surface area (TPSA) is 55.1 Å². The Hall–Kier alpha value is -1.35. The van der Waals surface area contributed by atoms with Crippen LogP contribution in [-0.4, -0.2) is 5.91 Å². The second-order valence-electron chi connectivity index (χ2n) is 6.34. The molecule has 2 unspecified atom stereocenters. The first-order valence-electron chi connectivity index (χ1n) is 7.06. The molecule has 104 valence electrons. The lowest BCUT2D eigenvalue weighted by Gasteiger charge is -2.26. The van der Waals surface area contributed by atoms with Crippen LogP contribution < -0.4 is 11.1 Å². The minimum Gasteiger partial charge on any atom is -0.326 e. The quantitative estimate of drug-likeness (QED) is 0.874. The average Bonchev–Trinajstić information content (AvgIpc) is 2.69. The maximum absolute atomic E-state index is 12.4. The molecule has 1 aromatic rings. The third kappa shape index (κ3) is 3.16. The molecule has 0 aliphatic heterocycles. The van der Waals surface area contributed by atoms with E-state index < -0.39 is 0 Å². The van der Waals surface area contributed by atoms with E-state index in [4.69, 9.17) is 5.73 Å². The Bertz CT molecular complexity index is 466. The molecule has 1 aliphatic rings. The van der Waals surface area contributed by atoms with Crippen molar-refractivity contribution in [2.24, 2.45) is 17.1 Å². The number of carbonyl (C=O) groups excluding carboxylic acids is 1. The number of carbonyl (C=O) groups is 1. The molecule has 0 aromatic heterocycles. The van der Waals surface area contributed by atoms with Gasteiger partial charge < -0.3 is 11.1 Å². The first kappa shape index (κ1) is 14.1. The summed E-state index contributed by atoms with van der Waals surface area (Å²) in [6.07, 6.45) is 3.27. The van der Waals surface area contributed by atoms with Crippen molar-refractivity contribution in [3.05, 3.63) is 29.8 Å². The van der Waals surface area contributed by atoms with Crippen LogP contribution in [0.15, 0.2) is 24.3 Å². The van der Waals surface area contributed by atoms with Gasteiger partial charge in [-0.05, 0) is 42.9 Å². The lowest BCUT2D eigenvalue weighted by molar-refractivity contribution is -0.122. The van der Waals surface area contributed by atoms with Crippen molar-refractivity contribution in [3.63, 3.8) is 0 Å². The van der Waals surface area contributed by atoms with E-state index in [-0.39, 0.29) is 23.3 Å². The molecule has 0 saturated heterocycles. The molecule has 3 N–H and O–H groups in total. The summed E-state index contributed by atoms with van der Waals surface area (Å²) in [5.74, 6) is 0.260. The molecule has 2 atom stereocenters. The van der Waals surface area contributed by atoms with E-state index in [0.29, 0.717) is 0 Å². The molecule has 0 heterocycles. The Morgan fingerprint density at radius 2 is 2.21 bits per heavy atom. The normalized spacial score (nSPS) is 23.1. The van der Waals surface area contributed by atoms with Crippen LogP contribution in [0.25, 0.3) is 0 Å². The van der Waals surface area contributed by atoms with E-state index in [1.54, 1.807) is 0 Å². The van der Waals surface area contributed by atoms with Crippen molar-refractivity contribution in [3.8, 4) is 0 Å². The molecule has 1 aromatic carbocycles. The third-order valence-electron chi connectivity index (χ3n) is 4.25. The number of hydrogen-bond acceptors (Lipinski definition) is 2. The number of amides is 1. The van der Waals surface area contributed by atoms with Crippen LogP contribution in [0.5, 0.6) is 0 Å². The summed E-state index contributed by atoms with van der Waals surface area (Å²) in [5, 5.41) is 3.04. The number of nitrogens with one attached hydrogen (secondary N) is 1. The van der Waals surface area contributed by atoms with Gasteiger partial charge in [0, 0.05) is 17.6 Å². The Kier molecular flexibility index (Phi) is 3.95. The number of anilines is 1. The van der Waals surface area contributed by atoms with E-state index in [1.807, 2.05) is 31.2 Å². The monoisotopic (exact) mass is 260 g/mol. The average molecular weight is 260 g/mol. The van der Waals surface area contributed by atoms with Crippen molar-refractivity contribution in [1.29, 1.82) is 0 Å². The SMILES string of the molecule is CC(N)c1cccc(NC(=O)C2CCCC2(C)C)c1. The smallest absolute Gasteiger partial charge is 0.228 e. The van der Waals surface area contributed by atoms with Gasteiger partial charge in [-0.25, -0.2) is 0 Å². The summed E-state index contributed by atoms with van der Waals surface area (Å²) in [4.78, 5) is 12.4. The van der Waals surface area contributed by atoms with Crippen LogP contribution in [0.1, 0.15) is 51.6 Å². The van der Waals surface area contributed by atoms with Gasteiger partial charge in [-0.2, -0.15) is 0 Å². The van der Waals surface area contributed by atoms with Crippen molar-refractivity contribution in [2.45, 2.75) is 46.1 Å². The third-order valence-corrected chi connectivity index (χ3v) is 4.25. The highest BCUT2D eigenvalue weighted by Gasteiger charge is 2.39. The van der Waals surface area contributed by atoms with Gasteiger partial charge in [-0.1, -0.05) is 32.4 Å². The van der Waals surface area contributed by atoms with Crippen molar-refractivity contribution in [1.82, 2.24) is 0 Å². The van der Waals surface area contributed by atoms with Crippen LogP contribution in [0, 0.1) is 11.3 Å². The summed E-state index contributed by atoms with van der Waals surface area (Å²) >= 11 is 0. The molecule has 1 fully saturated rings. The summed E-state index contributed by atoms with van der Waals surface area (Å²) < 4.78 is 0. The van der Waals surface area contributed by atoms with Gasteiger partial charge in [0.2, 0.25) is 5.91 Å². The van der Waals surface area contributed by atoms with Gasteiger partial charge in [0.25, 0.3) is 0 Å². The van der Waals surface area contributed by atoms with E-state index in [2.05, 4.69) is 19.2 Å². The summed E-state index contributed by atoms with van der Waals surface area (Å²) in [5.41, 5.74) is 7.87. The van der Waals surface area contributed by atoms with Gasteiger partial charge in [-0.3, -0.25) is 4.79 Å². The molecule has 3 heteroatoms. The van der Waals surface area contributed by atoms with Gasteiger partial charge in [0.15, 0.2) is 0 Å². The fraction of sp³-hybridized carbons (Fsp3) is 0.562. The second kappa shape index (κ2) is 5.33. The van der Waals surface area contributed by atoms with E-state index >= 15 is 0 Å². The minimum absolute atomic E-state index is 0.0141. The van der Waals surface area contributed by atoms with E-state index in [9.17, 15) is 4.79 Å². The van der Waals surface area contributed by atoms with Crippen molar-refractivity contribution >= 4 is 11.6 Å². The Morgan fingerprint density at radius 1 is 1.47 bits per heavy atom. The molecular weight excluding hydrogens is 236 g/mol. The van der Waals surface area contributed by atoms with Gasteiger partial charge in [-0.15, -0.1) is 0 Å². The molecule has 0 spiro atoms. The zero-order chi connectivity index (χ0) is 14.0. The fourth-order valence-corrected chi connectivity index (χ4v) is 2.94. The largest absolute Gasteiger partial charge is 0.326 e. The predicted molar refractivity (Wildman–Crippen MR) is 78.8 cm³/mol. The molecule has 19 heavy (non-hydrogen) atoms. The molecule has 0 radical (unpaired) electrons. The van der Waals surface area contributed by atoms with Gasteiger partial charge >= 0.3 is 0 Å². The van der Waals surface area contributed by atoms with Crippen LogP contribution in [0.4, 0.5) is 5.69 Å². The first-order chi connectivity index (χ1) is 8.90. The summed E-state index contributed by atoms with van der Waals surface area (Å²) in [6, 6.07) is 7.80. The predicted octanol–water partition coefficient (Wildman–Crippen LogP) is 3.47. The van der Waals surface area contributed by atoms with Crippen LogP contribution in [0.3, 0.4) is 0 Å². The Balaban J connectivity index is 2.09. The van der Waals surface area contributed by atoms with Crippen molar-refractivity contribution in [2.75, 3.05) is 5.32 Å². The maximum atomic E-state index is 12.4. The second-order valence-corrected chi connectivity index (χ2v) is 6.34. The minimum atomic E-state index is -0.0141. The lowest BCUT2D eigenvalue weighted by atomic mass is 9.81. The maximum Gasteiger partial charge on any atom is 0.228 e. The Morgan fingerprint density at radius 3 is 2.79 bits per heavy atom. The summed E-state index contributed by atoms with van der Waals surface area (Å²) in [7, 11) is 0. The lowest BCUT2D eigenvalue weighted by Crippen LogP contribution is -2.30. The number of hydrogen-bond donors (Lipinski definition) is 2. The molecule has 1 aliphatic carbocycles. The van der Waals surface area contributed by atoms with Gasteiger partial charge in [0.05, 0.1) is 0 Å². The molecule has 2 rings (SSSR count). The van der Waals surface area contributed by atoms with E-state index in [1.165, 1.54) is 0 Å². The number of rotatable bonds is 3. The molecule has 1 saturated carbocycles. The zero-order valence-electron chi connectivity index (χ0n) is 12.1. The highest BCUT2D eigenvalue weighted by molar-refractivity contribution is 5.93. The highest BCUT2D eigenvalue weighted by atomic mass is 16.1. The zero-order valence-corrected chi connectivity index (χ0v) is 12.1. The molecule has 0 bridgehead atoms. The van der Waals surface area contributed by atoms with Gasteiger partial charge in [0.1, 0.15) is 0 Å². The van der Waals surface area contributed by atoms with Crippen LogP contribution in [0.2, 0.25) is 0 Å².